The second-order valence-corrected chi connectivity index (χ2v) is 9.57. The zero-order valence-corrected chi connectivity index (χ0v) is 19.4. The summed E-state index contributed by atoms with van der Waals surface area (Å²) >= 11 is 0. The Morgan fingerprint density at radius 2 is 1.82 bits per heavy atom. The lowest BCUT2D eigenvalue weighted by atomic mass is 10.0. The molecule has 9 heteroatoms. The smallest absolute Gasteiger partial charge is 0.410 e. The molecule has 0 aliphatic carbocycles. The van der Waals surface area contributed by atoms with Crippen LogP contribution in [0, 0.1) is 0 Å². The van der Waals surface area contributed by atoms with Gasteiger partial charge in [0, 0.05) is 50.2 Å². The van der Waals surface area contributed by atoms with Gasteiger partial charge in [-0.2, -0.15) is 10.2 Å². The zero-order chi connectivity index (χ0) is 23.3. The first-order valence-corrected chi connectivity index (χ1v) is 11.2. The molecule has 0 unspecified atom stereocenters. The van der Waals surface area contributed by atoms with Gasteiger partial charge in [-0.25, -0.2) is 9.31 Å². The number of benzene rings is 1. The molecule has 0 spiro atoms. The van der Waals surface area contributed by atoms with E-state index in [1.807, 2.05) is 62.8 Å². The van der Waals surface area contributed by atoms with Gasteiger partial charge >= 0.3 is 6.09 Å². The number of ether oxygens (including phenoxy) is 1. The van der Waals surface area contributed by atoms with Crippen LogP contribution in [0.1, 0.15) is 39.7 Å². The van der Waals surface area contributed by atoms with Crippen molar-refractivity contribution >= 4 is 22.6 Å². The average molecular weight is 449 g/mol. The van der Waals surface area contributed by atoms with Gasteiger partial charge in [-0.05, 0) is 45.7 Å². The van der Waals surface area contributed by atoms with Crippen molar-refractivity contribution in [2.45, 2.75) is 45.3 Å². The number of nitrogens with zero attached hydrogens (tertiary/aromatic N) is 6. The fourth-order valence-electron chi connectivity index (χ4n) is 4.55. The number of rotatable bonds is 2. The number of fused-ring (bicyclic) bond motifs is 3. The summed E-state index contributed by atoms with van der Waals surface area (Å²) in [6.45, 7) is 6.66. The first-order chi connectivity index (χ1) is 15.7. The summed E-state index contributed by atoms with van der Waals surface area (Å²) in [5.41, 5.74) is 2.73. The van der Waals surface area contributed by atoms with Crippen molar-refractivity contribution < 1.29 is 9.53 Å². The largest absolute Gasteiger partial charge is 0.444 e. The summed E-state index contributed by atoms with van der Waals surface area (Å²) in [6, 6.07) is 9.40. The molecule has 1 fully saturated rings. The van der Waals surface area contributed by atoms with Crippen LogP contribution in [0.5, 0.6) is 0 Å². The van der Waals surface area contributed by atoms with E-state index in [2.05, 4.69) is 5.10 Å². The second kappa shape index (κ2) is 7.75. The van der Waals surface area contributed by atoms with Crippen molar-refractivity contribution in [3.8, 4) is 11.3 Å². The van der Waals surface area contributed by atoms with Gasteiger partial charge in [-0.15, -0.1) is 0 Å². The van der Waals surface area contributed by atoms with Gasteiger partial charge in [0.15, 0.2) is 0 Å². The van der Waals surface area contributed by atoms with Gasteiger partial charge in [0.05, 0.1) is 16.6 Å². The molecule has 4 heterocycles. The molecule has 0 radical (unpaired) electrons. The number of amides is 1. The molecule has 1 aromatic carbocycles. The van der Waals surface area contributed by atoms with Crippen LogP contribution in [-0.2, 0) is 11.8 Å². The Balaban J connectivity index is 1.56. The molecule has 4 aromatic rings. The number of likely N-dealkylation sites (tertiary alicyclic amines) is 1. The Kier molecular flexibility index (Phi) is 4.99. The summed E-state index contributed by atoms with van der Waals surface area (Å²) in [5.74, 6) is 0. The van der Waals surface area contributed by atoms with E-state index >= 15 is 0 Å². The van der Waals surface area contributed by atoms with Crippen LogP contribution in [-0.4, -0.2) is 53.6 Å². The van der Waals surface area contributed by atoms with Crippen LogP contribution < -0.4 is 5.56 Å². The Hall–Kier alpha value is -3.62. The number of hydrogen-bond acceptors (Lipinski definition) is 5. The van der Waals surface area contributed by atoms with E-state index < -0.39 is 5.60 Å². The van der Waals surface area contributed by atoms with E-state index in [1.54, 1.807) is 26.4 Å². The third-order valence-corrected chi connectivity index (χ3v) is 5.99. The molecule has 1 aliphatic heterocycles. The molecular formula is C24H28N6O3. The standard InChI is InChI=1S/C24H28N6O3/c1-24(2,3)33-23(32)28-13-8-16(9-14-28)30-20(31)11-15-29-22(30)21-17(6-5-7-19(21)26-29)18-10-12-27(4)25-18/h5-7,10-12,15-16H,8-9,13-14H2,1-4H3. The molecule has 0 atom stereocenters. The summed E-state index contributed by atoms with van der Waals surface area (Å²) in [4.78, 5) is 27.3. The highest BCUT2D eigenvalue weighted by molar-refractivity contribution is 6.03. The fourth-order valence-corrected chi connectivity index (χ4v) is 4.55. The van der Waals surface area contributed by atoms with Gasteiger partial charge in [-0.1, -0.05) is 12.1 Å². The highest BCUT2D eigenvalue weighted by Gasteiger charge is 2.29. The molecule has 5 rings (SSSR count). The highest BCUT2D eigenvalue weighted by Crippen LogP contribution is 2.33. The Morgan fingerprint density at radius 3 is 2.48 bits per heavy atom. The van der Waals surface area contributed by atoms with Gasteiger partial charge in [0.1, 0.15) is 11.2 Å². The minimum absolute atomic E-state index is 0.0448. The average Bonchev–Trinajstić information content (AvgIpc) is 3.36. The molecule has 3 aromatic heterocycles. The molecule has 0 N–H and O–H groups in total. The predicted octanol–water partition coefficient (Wildman–Crippen LogP) is 3.62. The lowest BCUT2D eigenvalue weighted by Crippen LogP contribution is -2.43. The van der Waals surface area contributed by atoms with E-state index in [1.165, 1.54) is 0 Å². The van der Waals surface area contributed by atoms with Crippen LogP contribution in [0.15, 0.2) is 47.5 Å². The maximum absolute atomic E-state index is 13.1. The minimum atomic E-state index is -0.533. The number of piperidine rings is 1. The van der Waals surface area contributed by atoms with Crippen molar-refractivity contribution in [3.05, 3.63) is 53.1 Å². The molecule has 1 amide bonds. The van der Waals surface area contributed by atoms with Crippen molar-refractivity contribution in [1.82, 2.24) is 28.9 Å². The monoisotopic (exact) mass is 448 g/mol. The van der Waals surface area contributed by atoms with Crippen LogP contribution in [0.4, 0.5) is 4.79 Å². The molecule has 1 saturated heterocycles. The molecule has 0 saturated carbocycles. The summed E-state index contributed by atoms with van der Waals surface area (Å²) in [7, 11) is 1.88. The number of hydrogen-bond donors (Lipinski definition) is 0. The van der Waals surface area contributed by atoms with Gasteiger partial charge < -0.3 is 9.64 Å². The lowest BCUT2D eigenvalue weighted by Gasteiger charge is -2.34. The topological polar surface area (TPSA) is 86.7 Å². The number of carbonyl (C=O) groups excluding carboxylic acids is 1. The normalized spacial score (nSPS) is 15.5. The molecule has 1 aliphatic rings. The maximum Gasteiger partial charge on any atom is 0.410 e. The summed E-state index contributed by atoms with van der Waals surface area (Å²) < 4.78 is 10.9. The van der Waals surface area contributed by atoms with Gasteiger partial charge in [-0.3, -0.25) is 14.0 Å². The quantitative estimate of drug-likeness (QED) is 0.467. The molecule has 33 heavy (non-hydrogen) atoms. The molecule has 9 nitrogen and oxygen atoms in total. The van der Waals surface area contributed by atoms with Crippen LogP contribution in [0.3, 0.4) is 0 Å². The van der Waals surface area contributed by atoms with Crippen molar-refractivity contribution in [2.75, 3.05) is 13.1 Å². The summed E-state index contributed by atoms with van der Waals surface area (Å²) in [6.07, 6.45) is 4.64. The Bertz CT molecular complexity index is 1400. The Morgan fingerprint density at radius 1 is 1.06 bits per heavy atom. The lowest BCUT2D eigenvalue weighted by molar-refractivity contribution is 0.0188. The number of aromatic nitrogens is 5. The first-order valence-electron chi connectivity index (χ1n) is 11.2. The van der Waals surface area contributed by atoms with Crippen LogP contribution in [0.25, 0.3) is 27.8 Å². The SMILES string of the molecule is Cn1ccc(-c2cccc3nn4ccc(=O)n(C5CCN(C(=O)OC(C)(C)C)CC5)c4c23)n1. The Labute approximate surface area is 191 Å². The van der Waals surface area contributed by atoms with Crippen molar-refractivity contribution in [1.29, 1.82) is 0 Å². The number of aryl methyl sites for hydroxylation is 1. The van der Waals surface area contributed by atoms with Crippen molar-refractivity contribution in [2.24, 2.45) is 7.05 Å². The van der Waals surface area contributed by atoms with Crippen LogP contribution in [0.2, 0.25) is 0 Å². The number of carbonyl (C=O) groups is 1. The molecular weight excluding hydrogens is 420 g/mol. The third kappa shape index (κ3) is 3.88. The second-order valence-electron chi connectivity index (χ2n) is 9.57. The predicted molar refractivity (Wildman–Crippen MR) is 125 cm³/mol. The van der Waals surface area contributed by atoms with Gasteiger partial charge in [0.2, 0.25) is 0 Å². The fraction of sp³-hybridized carbons (Fsp3) is 0.417. The van der Waals surface area contributed by atoms with E-state index in [-0.39, 0.29) is 17.7 Å². The van der Waals surface area contributed by atoms with Gasteiger partial charge in [0.25, 0.3) is 5.56 Å². The highest BCUT2D eigenvalue weighted by atomic mass is 16.6. The summed E-state index contributed by atoms with van der Waals surface area (Å²) in [5, 5.41) is 10.2. The van der Waals surface area contributed by atoms with Crippen molar-refractivity contribution in [3.63, 3.8) is 0 Å². The van der Waals surface area contributed by atoms with E-state index in [9.17, 15) is 9.59 Å². The van der Waals surface area contributed by atoms with Crippen LogP contribution >= 0.6 is 0 Å². The first kappa shape index (κ1) is 21.2. The molecule has 0 bridgehead atoms. The molecule has 172 valence electrons. The van der Waals surface area contributed by atoms with E-state index in [4.69, 9.17) is 9.84 Å². The zero-order valence-electron chi connectivity index (χ0n) is 19.4. The third-order valence-electron chi connectivity index (χ3n) is 5.99. The van der Waals surface area contributed by atoms with E-state index in [0.717, 1.165) is 27.8 Å². The maximum atomic E-state index is 13.1. The van der Waals surface area contributed by atoms with E-state index in [0.29, 0.717) is 25.9 Å². The minimum Gasteiger partial charge on any atom is -0.444 e.